The molecule has 4 heteroatoms. The Morgan fingerprint density at radius 1 is 1.65 bits per heavy atom. The quantitative estimate of drug-likeness (QED) is 0.861. The molecule has 1 unspecified atom stereocenters. The zero-order chi connectivity index (χ0) is 12.3. The second kappa shape index (κ2) is 5.02. The Labute approximate surface area is 105 Å². The van der Waals surface area contributed by atoms with E-state index in [1.54, 1.807) is 18.3 Å². The lowest BCUT2D eigenvalue weighted by Gasteiger charge is -2.22. The molecular formula is C13H17NO2S. The minimum absolute atomic E-state index is 0.0435. The molecule has 0 saturated heterocycles. The van der Waals surface area contributed by atoms with Crippen molar-refractivity contribution in [1.82, 2.24) is 5.32 Å². The van der Waals surface area contributed by atoms with Gasteiger partial charge in [0.15, 0.2) is 0 Å². The fraction of sp³-hybridized carbons (Fsp3) is 0.462. The van der Waals surface area contributed by atoms with Gasteiger partial charge in [-0.2, -0.15) is 11.3 Å². The Bertz CT molecular complexity index is 421. The second-order valence-corrected chi connectivity index (χ2v) is 5.37. The summed E-state index contributed by atoms with van der Waals surface area (Å²) in [6.07, 6.45) is 4.88. The van der Waals surface area contributed by atoms with Crippen molar-refractivity contribution in [3.05, 3.63) is 34.0 Å². The van der Waals surface area contributed by atoms with E-state index in [0.717, 1.165) is 30.4 Å². The topological polar surface area (TPSA) is 49.3 Å². The number of nitrogens with one attached hydrogen (secondary N) is 1. The molecule has 1 atom stereocenters. The van der Waals surface area contributed by atoms with Crippen LogP contribution in [0.25, 0.3) is 0 Å². The van der Waals surface area contributed by atoms with E-state index in [1.165, 1.54) is 0 Å². The van der Waals surface area contributed by atoms with Crippen molar-refractivity contribution in [1.29, 1.82) is 0 Å². The SMILES string of the molecule is CC(O)(CNC(=O)C1=CCCC1)c1ccsc1. The number of allylic oxidation sites excluding steroid dienone is 1. The number of thiophene rings is 1. The molecule has 1 amide bonds. The lowest BCUT2D eigenvalue weighted by molar-refractivity contribution is -0.118. The van der Waals surface area contributed by atoms with Crippen LogP contribution in [0.2, 0.25) is 0 Å². The van der Waals surface area contributed by atoms with Crippen LogP contribution in [0.5, 0.6) is 0 Å². The van der Waals surface area contributed by atoms with Gasteiger partial charge in [0, 0.05) is 5.57 Å². The van der Waals surface area contributed by atoms with E-state index in [0.29, 0.717) is 0 Å². The minimum Gasteiger partial charge on any atom is -0.384 e. The fourth-order valence-electron chi connectivity index (χ4n) is 1.92. The fourth-order valence-corrected chi connectivity index (χ4v) is 2.70. The first-order valence-electron chi connectivity index (χ1n) is 5.82. The number of hydrogen-bond acceptors (Lipinski definition) is 3. The second-order valence-electron chi connectivity index (χ2n) is 4.59. The highest BCUT2D eigenvalue weighted by atomic mass is 32.1. The van der Waals surface area contributed by atoms with Gasteiger partial charge in [0.05, 0.1) is 6.54 Å². The largest absolute Gasteiger partial charge is 0.384 e. The number of aliphatic hydroxyl groups is 1. The third-order valence-corrected chi connectivity index (χ3v) is 3.75. The first-order valence-corrected chi connectivity index (χ1v) is 6.76. The van der Waals surface area contributed by atoms with E-state index >= 15 is 0 Å². The molecule has 1 aromatic heterocycles. The van der Waals surface area contributed by atoms with Gasteiger partial charge in [-0.1, -0.05) is 6.08 Å². The molecule has 0 bridgehead atoms. The van der Waals surface area contributed by atoms with Crippen molar-refractivity contribution < 1.29 is 9.90 Å². The summed E-state index contributed by atoms with van der Waals surface area (Å²) < 4.78 is 0. The lowest BCUT2D eigenvalue weighted by Crippen LogP contribution is -2.38. The van der Waals surface area contributed by atoms with Crippen LogP contribution in [0, 0.1) is 0 Å². The molecule has 1 aromatic rings. The normalized spacial score (nSPS) is 18.6. The average molecular weight is 251 g/mol. The number of amides is 1. The lowest BCUT2D eigenvalue weighted by atomic mass is 9.99. The molecule has 2 N–H and O–H groups in total. The van der Waals surface area contributed by atoms with Crippen molar-refractivity contribution >= 4 is 17.2 Å². The van der Waals surface area contributed by atoms with Crippen molar-refractivity contribution in [2.75, 3.05) is 6.54 Å². The number of carbonyl (C=O) groups is 1. The first-order chi connectivity index (χ1) is 8.09. The van der Waals surface area contributed by atoms with Crippen LogP contribution in [0.1, 0.15) is 31.7 Å². The van der Waals surface area contributed by atoms with E-state index in [2.05, 4.69) is 5.32 Å². The molecule has 3 nitrogen and oxygen atoms in total. The summed E-state index contributed by atoms with van der Waals surface area (Å²) in [5.41, 5.74) is 0.712. The molecule has 0 aliphatic heterocycles. The molecule has 1 heterocycles. The summed E-state index contributed by atoms with van der Waals surface area (Å²) in [6, 6.07) is 1.88. The van der Waals surface area contributed by atoms with Gasteiger partial charge in [-0.15, -0.1) is 0 Å². The highest BCUT2D eigenvalue weighted by molar-refractivity contribution is 7.08. The average Bonchev–Trinajstić information content (AvgIpc) is 2.97. The summed E-state index contributed by atoms with van der Waals surface area (Å²) >= 11 is 1.54. The summed E-state index contributed by atoms with van der Waals surface area (Å²) in [4.78, 5) is 11.8. The van der Waals surface area contributed by atoms with Crippen LogP contribution in [-0.4, -0.2) is 17.6 Å². The van der Waals surface area contributed by atoms with E-state index in [9.17, 15) is 9.90 Å². The van der Waals surface area contributed by atoms with Crippen LogP contribution in [0.4, 0.5) is 0 Å². The summed E-state index contributed by atoms with van der Waals surface area (Å²) in [7, 11) is 0. The highest BCUT2D eigenvalue weighted by Crippen LogP contribution is 2.23. The Kier molecular flexibility index (Phi) is 3.64. The Balaban J connectivity index is 1.91. The van der Waals surface area contributed by atoms with E-state index in [4.69, 9.17) is 0 Å². The first kappa shape index (κ1) is 12.3. The molecule has 92 valence electrons. The van der Waals surface area contributed by atoms with Crippen LogP contribution >= 0.6 is 11.3 Å². The van der Waals surface area contributed by atoms with Crippen LogP contribution in [-0.2, 0) is 10.4 Å². The van der Waals surface area contributed by atoms with E-state index < -0.39 is 5.60 Å². The molecule has 1 aliphatic rings. The molecule has 0 spiro atoms. The third kappa shape index (κ3) is 2.96. The maximum atomic E-state index is 11.8. The van der Waals surface area contributed by atoms with Gasteiger partial charge in [0.1, 0.15) is 5.60 Å². The zero-order valence-electron chi connectivity index (χ0n) is 9.90. The van der Waals surface area contributed by atoms with Gasteiger partial charge < -0.3 is 10.4 Å². The van der Waals surface area contributed by atoms with Gasteiger partial charge >= 0.3 is 0 Å². The molecule has 0 aromatic carbocycles. The Morgan fingerprint density at radius 3 is 3.06 bits per heavy atom. The van der Waals surface area contributed by atoms with Gasteiger partial charge in [-0.25, -0.2) is 0 Å². The highest BCUT2D eigenvalue weighted by Gasteiger charge is 2.25. The summed E-state index contributed by atoms with van der Waals surface area (Å²) in [6.45, 7) is 1.97. The minimum atomic E-state index is -0.991. The monoisotopic (exact) mass is 251 g/mol. The predicted octanol–water partition coefficient (Wildman–Crippen LogP) is 2.18. The van der Waals surface area contributed by atoms with Crippen molar-refractivity contribution in [3.63, 3.8) is 0 Å². The van der Waals surface area contributed by atoms with Gasteiger partial charge in [0.25, 0.3) is 0 Å². The summed E-state index contributed by atoms with van der Waals surface area (Å²) in [5.74, 6) is -0.0435. The number of hydrogen-bond donors (Lipinski definition) is 2. The maximum absolute atomic E-state index is 11.8. The van der Waals surface area contributed by atoms with Crippen LogP contribution < -0.4 is 5.32 Å². The van der Waals surface area contributed by atoms with Crippen molar-refractivity contribution in [3.8, 4) is 0 Å². The molecule has 0 saturated carbocycles. The van der Waals surface area contributed by atoms with E-state index in [1.807, 2.05) is 22.9 Å². The van der Waals surface area contributed by atoms with Gasteiger partial charge in [-0.05, 0) is 48.6 Å². The number of carbonyl (C=O) groups excluding carboxylic acids is 1. The molecule has 1 aliphatic carbocycles. The van der Waals surface area contributed by atoms with E-state index in [-0.39, 0.29) is 12.5 Å². The van der Waals surface area contributed by atoms with Crippen LogP contribution in [0.15, 0.2) is 28.5 Å². The van der Waals surface area contributed by atoms with Crippen molar-refractivity contribution in [2.24, 2.45) is 0 Å². The van der Waals surface area contributed by atoms with Crippen molar-refractivity contribution in [2.45, 2.75) is 31.8 Å². The number of rotatable bonds is 4. The summed E-state index contributed by atoms with van der Waals surface area (Å²) in [5, 5.41) is 16.9. The molecular weight excluding hydrogens is 234 g/mol. The zero-order valence-corrected chi connectivity index (χ0v) is 10.7. The maximum Gasteiger partial charge on any atom is 0.246 e. The smallest absolute Gasteiger partial charge is 0.246 e. The van der Waals surface area contributed by atoms with Gasteiger partial charge in [0.2, 0.25) is 5.91 Å². The molecule has 0 radical (unpaired) electrons. The van der Waals surface area contributed by atoms with Crippen LogP contribution in [0.3, 0.4) is 0 Å². The Morgan fingerprint density at radius 2 is 2.47 bits per heavy atom. The molecule has 17 heavy (non-hydrogen) atoms. The molecule has 0 fully saturated rings. The standard InChI is InChI=1S/C13H17NO2S/c1-13(16,11-6-7-17-8-11)9-14-12(15)10-4-2-3-5-10/h4,6-8,16H,2-3,5,9H2,1H3,(H,14,15). The predicted molar refractivity (Wildman–Crippen MR) is 68.8 cm³/mol. The molecule has 2 rings (SSSR count). The Hall–Kier alpha value is -1.13. The third-order valence-electron chi connectivity index (χ3n) is 3.07. The van der Waals surface area contributed by atoms with Gasteiger partial charge in [-0.3, -0.25) is 4.79 Å².